The van der Waals surface area contributed by atoms with E-state index in [1.54, 1.807) is 25.1 Å². The molecular weight excluding hydrogens is 500 g/mol. The van der Waals surface area contributed by atoms with Crippen LogP contribution in [0.1, 0.15) is 45.1 Å². The summed E-state index contributed by atoms with van der Waals surface area (Å²) in [5.74, 6) is -0.109. The zero-order valence-electron chi connectivity index (χ0n) is 20.4. The zero-order chi connectivity index (χ0) is 26.1. The van der Waals surface area contributed by atoms with Crippen LogP contribution < -0.4 is 9.62 Å². The molecule has 2 N–H and O–H groups in total. The lowest BCUT2D eigenvalue weighted by Crippen LogP contribution is -2.46. The maximum absolute atomic E-state index is 13.2. The van der Waals surface area contributed by atoms with Gasteiger partial charge in [0.15, 0.2) is 5.03 Å². The minimum Gasteiger partial charge on any atom is -0.481 e. The van der Waals surface area contributed by atoms with Crippen LogP contribution in [0.5, 0.6) is 0 Å². The predicted molar refractivity (Wildman–Crippen MR) is 141 cm³/mol. The average molecular weight is 529 g/mol. The Morgan fingerprint density at radius 3 is 2.58 bits per heavy atom. The number of benzene rings is 1. The van der Waals surface area contributed by atoms with Crippen LogP contribution in [0.25, 0.3) is 11.3 Å². The first-order valence-corrected chi connectivity index (χ1v) is 13.6. The maximum Gasteiger partial charge on any atom is 0.311 e. The Bertz CT molecular complexity index is 1400. The van der Waals surface area contributed by atoms with Crippen LogP contribution in [0.4, 0.5) is 11.6 Å². The molecule has 190 valence electrons. The molecule has 0 aliphatic carbocycles. The van der Waals surface area contributed by atoms with Gasteiger partial charge in [0.05, 0.1) is 16.1 Å². The van der Waals surface area contributed by atoms with E-state index in [-0.39, 0.29) is 23.3 Å². The van der Waals surface area contributed by atoms with E-state index in [1.165, 1.54) is 12.1 Å². The number of rotatable bonds is 7. The van der Waals surface area contributed by atoms with E-state index in [1.807, 2.05) is 29.2 Å². The van der Waals surface area contributed by atoms with Crippen LogP contribution in [0.3, 0.4) is 0 Å². The Hall–Kier alpha value is -3.17. The fourth-order valence-corrected chi connectivity index (χ4v) is 5.61. The molecule has 0 spiro atoms. The number of aliphatic carboxylic acids is 1. The first-order valence-electron chi connectivity index (χ1n) is 11.7. The number of carbonyl (C=O) groups is 1. The number of nitrogens with zero attached hydrogens (tertiary/aromatic N) is 3. The highest BCUT2D eigenvalue weighted by atomic mass is 35.5. The second-order valence-corrected chi connectivity index (χ2v) is 11.6. The minimum absolute atomic E-state index is 0.122. The largest absolute Gasteiger partial charge is 0.481 e. The summed E-state index contributed by atoms with van der Waals surface area (Å²) in [4.78, 5) is 22.4. The number of nitrogens with one attached hydrogen (secondary N) is 1. The van der Waals surface area contributed by atoms with Crippen molar-refractivity contribution in [2.24, 2.45) is 5.41 Å². The smallest absolute Gasteiger partial charge is 0.311 e. The van der Waals surface area contributed by atoms with Crippen molar-refractivity contribution in [1.29, 1.82) is 0 Å². The standard InChI is InChI=1S/C26H29ClN4O4S/c1-17(2)18-8-4-5-9-19(18)24-20(27)12-13-21(28-24)30-36(34,35)23-11-6-10-22(29-23)31-15-7-14-26(3,16-31)25(32)33/h4-6,8-13,17H,7,14-16H2,1-3H3,(H,28,30)(H,32,33). The van der Waals surface area contributed by atoms with Gasteiger partial charge < -0.3 is 10.0 Å². The lowest BCUT2D eigenvalue weighted by atomic mass is 9.82. The zero-order valence-corrected chi connectivity index (χ0v) is 22.0. The van der Waals surface area contributed by atoms with Gasteiger partial charge in [0.1, 0.15) is 11.6 Å². The number of piperidine rings is 1. The van der Waals surface area contributed by atoms with Crippen molar-refractivity contribution in [2.75, 3.05) is 22.7 Å². The number of anilines is 2. The first kappa shape index (κ1) is 25.9. The van der Waals surface area contributed by atoms with Crippen molar-refractivity contribution in [1.82, 2.24) is 9.97 Å². The quantitative estimate of drug-likeness (QED) is 0.421. The molecule has 1 aromatic carbocycles. The number of sulfonamides is 1. The first-order chi connectivity index (χ1) is 17.0. The second-order valence-electron chi connectivity index (χ2n) is 9.60. The van der Waals surface area contributed by atoms with Crippen LogP contribution in [-0.4, -0.2) is 42.6 Å². The fraction of sp³-hybridized carbons (Fsp3) is 0.346. The van der Waals surface area contributed by atoms with Crippen molar-refractivity contribution >= 4 is 39.2 Å². The third kappa shape index (κ3) is 5.32. The number of carboxylic acid groups (broad SMARTS) is 1. The second kappa shape index (κ2) is 10.1. The summed E-state index contributed by atoms with van der Waals surface area (Å²) in [6, 6.07) is 15.6. The van der Waals surface area contributed by atoms with Gasteiger partial charge in [-0.25, -0.2) is 9.97 Å². The molecule has 1 unspecified atom stereocenters. The Morgan fingerprint density at radius 2 is 1.86 bits per heavy atom. The highest BCUT2D eigenvalue weighted by molar-refractivity contribution is 7.92. The molecule has 2 aromatic heterocycles. The number of halogens is 1. The van der Waals surface area contributed by atoms with Crippen LogP contribution in [-0.2, 0) is 14.8 Å². The molecular formula is C26H29ClN4O4S. The molecule has 1 fully saturated rings. The molecule has 36 heavy (non-hydrogen) atoms. The summed E-state index contributed by atoms with van der Waals surface area (Å²) >= 11 is 6.45. The molecule has 1 aliphatic rings. The molecule has 0 amide bonds. The molecule has 0 radical (unpaired) electrons. The lowest BCUT2D eigenvalue weighted by molar-refractivity contribution is -0.148. The van der Waals surface area contributed by atoms with Crippen molar-refractivity contribution in [3.8, 4) is 11.3 Å². The molecule has 10 heteroatoms. The molecule has 1 aliphatic heterocycles. The molecule has 1 atom stereocenters. The van der Waals surface area contributed by atoms with E-state index in [4.69, 9.17) is 11.6 Å². The third-order valence-electron chi connectivity index (χ3n) is 6.44. The number of pyridine rings is 2. The SMILES string of the molecule is CC(C)c1ccccc1-c1nc(NS(=O)(=O)c2cccc(N3CCCC(C)(C(=O)O)C3)n2)ccc1Cl. The number of hydrogen-bond donors (Lipinski definition) is 2. The summed E-state index contributed by atoms with van der Waals surface area (Å²) in [5, 5.41) is 9.85. The molecule has 0 saturated carbocycles. The maximum atomic E-state index is 13.2. The Kier molecular flexibility index (Phi) is 7.24. The van der Waals surface area contributed by atoms with Crippen LogP contribution in [0.15, 0.2) is 59.6 Å². The normalized spacial score (nSPS) is 18.3. The molecule has 8 nitrogen and oxygen atoms in total. The van der Waals surface area contributed by atoms with Gasteiger partial charge in [-0.1, -0.05) is 55.8 Å². The molecule has 4 rings (SSSR count). The molecule has 1 saturated heterocycles. The van der Waals surface area contributed by atoms with Crippen molar-refractivity contribution in [2.45, 2.75) is 44.6 Å². The van der Waals surface area contributed by atoms with Gasteiger partial charge in [-0.15, -0.1) is 0 Å². The van der Waals surface area contributed by atoms with Gasteiger partial charge in [0.25, 0.3) is 10.0 Å². The topological polar surface area (TPSA) is 112 Å². The van der Waals surface area contributed by atoms with E-state index in [9.17, 15) is 18.3 Å². The van der Waals surface area contributed by atoms with Crippen molar-refractivity contribution < 1.29 is 18.3 Å². The molecule has 0 bridgehead atoms. The summed E-state index contributed by atoms with van der Waals surface area (Å²) in [6.07, 6.45) is 1.23. The van der Waals surface area contributed by atoms with Gasteiger partial charge >= 0.3 is 5.97 Å². The van der Waals surface area contributed by atoms with E-state index < -0.39 is 21.4 Å². The Balaban J connectivity index is 1.63. The predicted octanol–water partition coefficient (Wildman–Crippen LogP) is 5.41. The van der Waals surface area contributed by atoms with E-state index in [0.717, 1.165) is 11.1 Å². The Morgan fingerprint density at radius 1 is 1.11 bits per heavy atom. The Labute approximate surface area is 216 Å². The van der Waals surface area contributed by atoms with E-state index >= 15 is 0 Å². The van der Waals surface area contributed by atoms with Gasteiger partial charge in [-0.3, -0.25) is 9.52 Å². The lowest BCUT2D eigenvalue weighted by Gasteiger charge is -2.38. The monoisotopic (exact) mass is 528 g/mol. The molecule has 3 heterocycles. The average Bonchev–Trinajstić information content (AvgIpc) is 2.85. The summed E-state index contributed by atoms with van der Waals surface area (Å²) < 4.78 is 29.0. The minimum atomic E-state index is -4.07. The summed E-state index contributed by atoms with van der Waals surface area (Å²) in [7, 11) is -4.07. The number of hydrogen-bond acceptors (Lipinski definition) is 6. The number of carboxylic acids is 1. The number of aromatic nitrogens is 2. The highest BCUT2D eigenvalue weighted by Crippen LogP contribution is 2.34. The van der Waals surface area contributed by atoms with Crippen LogP contribution >= 0.6 is 11.6 Å². The van der Waals surface area contributed by atoms with E-state index in [0.29, 0.717) is 35.9 Å². The fourth-order valence-electron chi connectivity index (χ4n) is 4.43. The van der Waals surface area contributed by atoms with Crippen LogP contribution in [0, 0.1) is 5.41 Å². The van der Waals surface area contributed by atoms with Crippen molar-refractivity contribution in [3.63, 3.8) is 0 Å². The van der Waals surface area contributed by atoms with Gasteiger partial charge in [-0.2, -0.15) is 8.42 Å². The summed E-state index contributed by atoms with van der Waals surface area (Å²) in [6.45, 7) is 6.69. The van der Waals surface area contributed by atoms with Crippen LogP contribution in [0.2, 0.25) is 5.02 Å². The summed E-state index contributed by atoms with van der Waals surface area (Å²) in [5.41, 5.74) is 1.47. The van der Waals surface area contributed by atoms with E-state index in [2.05, 4.69) is 28.5 Å². The van der Waals surface area contributed by atoms with Gasteiger partial charge in [0.2, 0.25) is 0 Å². The van der Waals surface area contributed by atoms with Crippen molar-refractivity contribution in [3.05, 3.63) is 65.2 Å². The third-order valence-corrected chi connectivity index (χ3v) is 8.00. The van der Waals surface area contributed by atoms with Gasteiger partial charge in [0, 0.05) is 18.7 Å². The molecule has 3 aromatic rings. The van der Waals surface area contributed by atoms with Gasteiger partial charge in [-0.05, 0) is 55.5 Å². The highest BCUT2D eigenvalue weighted by Gasteiger charge is 2.38.